The molecule has 4 fully saturated rings. The second kappa shape index (κ2) is 7.84. The number of piperidine rings is 1. The van der Waals surface area contributed by atoms with Crippen LogP contribution in [0.15, 0.2) is 24.3 Å². The number of nitrogens with zero attached hydrogens (tertiary/aromatic N) is 1. The van der Waals surface area contributed by atoms with Crippen LogP contribution in [0.1, 0.15) is 55.8 Å². The molecule has 31 heavy (non-hydrogen) atoms. The monoisotopic (exact) mass is 426 g/mol. The maximum atomic E-state index is 13.4. The molecule has 1 spiro atoms. The molecule has 7 heteroatoms. The highest BCUT2D eigenvalue weighted by Gasteiger charge is 2.57. The molecule has 1 N–H and O–H groups in total. The Morgan fingerprint density at radius 3 is 2.87 bits per heavy atom. The van der Waals surface area contributed by atoms with E-state index in [1.807, 2.05) is 30.0 Å². The Hall–Kier alpha value is -2.57. The molecule has 2 bridgehead atoms. The number of likely N-dealkylation sites (tertiary alicyclic amines) is 1. The number of benzene rings is 1. The number of nitrogens with one attached hydrogen (secondary N) is 1. The molecule has 2 aliphatic heterocycles. The van der Waals surface area contributed by atoms with E-state index in [2.05, 4.69) is 5.32 Å². The van der Waals surface area contributed by atoms with Gasteiger partial charge < -0.3 is 19.7 Å². The minimum Gasteiger partial charge on any atom is -0.467 e. The first-order chi connectivity index (χ1) is 15.0. The number of hydrogen-bond donors (Lipinski definition) is 1. The van der Waals surface area contributed by atoms with Crippen LogP contribution in [-0.4, -0.2) is 48.1 Å². The van der Waals surface area contributed by atoms with E-state index in [9.17, 15) is 14.4 Å². The topological polar surface area (TPSA) is 84.9 Å². The summed E-state index contributed by atoms with van der Waals surface area (Å²) in [5, 5.41) is 3.15. The van der Waals surface area contributed by atoms with Gasteiger partial charge in [0.25, 0.3) is 5.91 Å². The molecule has 0 aromatic heterocycles. The molecule has 2 amide bonds. The van der Waals surface area contributed by atoms with Crippen LogP contribution < -0.4 is 10.1 Å². The fraction of sp³-hybridized carbons (Fsp3) is 0.625. The summed E-state index contributed by atoms with van der Waals surface area (Å²) in [7, 11) is 0. The Morgan fingerprint density at radius 1 is 1.26 bits per heavy atom. The van der Waals surface area contributed by atoms with E-state index >= 15 is 0 Å². The summed E-state index contributed by atoms with van der Waals surface area (Å²) in [6.07, 6.45) is 4.90. The van der Waals surface area contributed by atoms with Gasteiger partial charge in [-0.2, -0.15) is 0 Å². The zero-order valence-electron chi connectivity index (χ0n) is 18.0. The van der Waals surface area contributed by atoms with Gasteiger partial charge in [0.15, 0.2) is 5.72 Å². The van der Waals surface area contributed by atoms with E-state index in [0.717, 1.165) is 25.7 Å². The molecule has 6 rings (SSSR count). The number of hydrogen-bond acceptors (Lipinski definition) is 5. The maximum Gasteiger partial charge on any atom is 0.310 e. The van der Waals surface area contributed by atoms with Crippen molar-refractivity contribution in [2.24, 2.45) is 23.7 Å². The summed E-state index contributed by atoms with van der Waals surface area (Å²) in [6.45, 7) is 3.33. The second-order valence-electron chi connectivity index (χ2n) is 9.40. The number of ether oxygens (including phenoxy) is 2. The lowest BCUT2D eigenvalue weighted by Gasteiger charge is -2.55. The standard InChI is InChI=1S/C24H30N2O5/c1-2-30-23(29)16-6-5-11-26(14-16)22(28)19-12-17-10-9-15(19)13-24(17)25-21(27)18-7-3-4-8-20(18)31-24/h3-4,7-8,15-17,19H,2,5-6,9-14H2,1H3,(H,25,27)/t15-,16-,17+,19+,24+/m1/s1. The number of esters is 1. The molecule has 1 aromatic carbocycles. The number of para-hydroxylation sites is 1. The van der Waals surface area contributed by atoms with Crippen LogP contribution in [0.4, 0.5) is 0 Å². The molecule has 2 heterocycles. The van der Waals surface area contributed by atoms with Crippen LogP contribution >= 0.6 is 0 Å². The van der Waals surface area contributed by atoms with Gasteiger partial charge in [-0.05, 0) is 57.1 Å². The Bertz CT molecular complexity index is 902. The molecule has 166 valence electrons. The Morgan fingerprint density at radius 2 is 2.10 bits per heavy atom. The summed E-state index contributed by atoms with van der Waals surface area (Å²) in [5.41, 5.74) is -0.138. The van der Waals surface area contributed by atoms with Gasteiger partial charge in [-0.3, -0.25) is 14.4 Å². The van der Waals surface area contributed by atoms with Gasteiger partial charge in [-0.15, -0.1) is 0 Å². The third kappa shape index (κ3) is 3.48. The van der Waals surface area contributed by atoms with Gasteiger partial charge in [0.05, 0.1) is 18.1 Å². The zero-order chi connectivity index (χ0) is 21.6. The highest BCUT2D eigenvalue weighted by molar-refractivity contribution is 5.98. The number of rotatable bonds is 3. The van der Waals surface area contributed by atoms with E-state index in [1.54, 1.807) is 6.07 Å². The molecule has 3 aliphatic carbocycles. The molecule has 0 radical (unpaired) electrons. The van der Waals surface area contributed by atoms with Crippen molar-refractivity contribution in [2.45, 2.75) is 51.2 Å². The van der Waals surface area contributed by atoms with Crippen molar-refractivity contribution in [1.29, 1.82) is 0 Å². The fourth-order valence-electron chi connectivity index (χ4n) is 6.13. The Balaban J connectivity index is 1.30. The molecule has 7 nitrogen and oxygen atoms in total. The van der Waals surface area contributed by atoms with Gasteiger partial charge in [-0.1, -0.05) is 12.1 Å². The first kappa shape index (κ1) is 20.3. The number of amides is 2. The highest BCUT2D eigenvalue weighted by Crippen LogP contribution is 2.53. The zero-order valence-corrected chi connectivity index (χ0v) is 18.0. The minimum atomic E-state index is -0.708. The average Bonchev–Trinajstić information content (AvgIpc) is 2.79. The van der Waals surface area contributed by atoms with E-state index in [-0.39, 0.29) is 41.5 Å². The van der Waals surface area contributed by atoms with E-state index in [0.29, 0.717) is 43.9 Å². The number of carbonyl (C=O) groups excluding carboxylic acids is 3. The third-order valence-electron chi connectivity index (χ3n) is 7.64. The summed E-state index contributed by atoms with van der Waals surface area (Å²) < 4.78 is 11.6. The quantitative estimate of drug-likeness (QED) is 0.752. The third-order valence-corrected chi connectivity index (χ3v) is 7.64. The Kier molecular flexibility index (Phi) is 5.15. The molecule has 1 saturated heterocycles. The van der Waals surface area contributed by atoms with Crippen LogP contribution in [-0.2, 0) is 14.3 Å². The molecular weight excluding hydrogens is 396 g/mol. The predicted octanol–water partition coefficient (Wildman–Crippen LogP) is 2.74. The molecular formula is C24H30N2O5. The lowest BCUT2D eigenvalue weighted by atomic mass is 9.59. The molecule has 5 atom stereocenters. The maximum absolute atomic E-state index is 13.4. The van der Waals surface area contributed by atoms with Crippen molar-refractivity contribution in [3.8, 4) is 5.75 Å². The minimum absolute atomic E-state index is 0.0667. The predicted molar refractivity (Wildman–Crippen MR) is 112 cm³/mol. The summed E-state index contributed by atoms with van der Waals surface area (Å²) in [6, 6.07) is 7.35. The Labute approximate surface area is 182 Å². The van der Waals surface area contributed by atoms with Crippen LogP contribution in [0.2, 0.25) is 0 Å². The first-order valence-corrected chi connectivity index (χ1v) is 11.6. The lowest BCUT2D eigenvalue weighted by molar-refractivity contribution is -0.159. The van der Waals surface area contributed by atoms with E-state index in [1.165, 1.54) is 0 Å². The molecule has 3 saturated carbocycles. The van der Waals surface area contributed by atoms with E-state index < -0.39 is 5.72 Å². The molecule has 0 unspecified atom stereocenters. The number of carbonyl (C=O) groups is 3. The second-order valence-corrected chi connectivity index (χ2v) is 9.40. The van der Waals surface area contributed by atoms with Crippen molar-refractivity contribution in [2.75, 3.05) is 19.7 Å². The fourth-order valence-corrected chi connectivity index (χ4v) is 6.13. The largest absolute Gasteiger partial charge is 0.467 e. The average molecular weight is 427 g/mol. The van der Waals surface area contributed by atoms with Crippen LogP contribution in [0.3, 0.4) is 0 Å². The normalized spacial score (nSPS) is 34.0. The SMILES string of the molecule is CCOC(=O)[C@@H]1CCCN(C(=O)[C@H]2C[C@@H]3CC[C@@H]2C[C@@]32NC(=O)c3ccccc3O2)C1. The van der Waals surface area contributed by atoms with Crippen molar-refractivity contribution < 1.29 is 23.9 Å². The van der Waals surface area contributed by atoms with Crippen LogP contribution in [0, 0.1) is 23.7 Å². The van der Waals surface area contributed by atoms with Crippen molar-refractivity contribution in [3.05, 3.63) is 29.8 Å². The van der Waals surface area contributed by atoms with Gasteiger partial charge in [0, 0.05) is 31.3 Å². The summed E-state index contributed by atoms with van der Waals surface area (Å²) in [4.78, 5) is 40.3. The van der Waals surface area contributed by atoms with Crippen molar-refractivity contribution >= 4 is 17.8 Å². The van der Waals surface area contributed by atoms with Gasteiger partial charge in [0.2, 0.25) is 5.91 Å². The van der Waals surface area contributed by atoms with Gasteiger partial charge >= 0.3 is 5.97 Å². The molecule has 1 aromatic rings. The number of fused-ring (bicyclic) bond motifs is 3. The lowest BCUT2D eigenvalue weighted by Crippen LogP contribution is -2.67. The summed E-state index contributed by atoms with van der Waals surface area (Å²) in [5.74, 6) is 0.494. The van der Waals surface area contributed by atoms with Crippen molar-refractivity contribution in [1.82, 2.24) is 10.2 Å². The van der Waals surface area contributed by atoms with Gasteiger partial charge in [-0.25, -0.2) is 0 Å². The molecule has 5 aliphatic rings. The highest BCUT2D eigenvalue weighted by atomic mass is 16.5. The van der Waals surface area contributed by atoms with Crippen molar-refractivity contribution in [3.63, 3.8) is 0 Å². The van der Waals surface area contributed by atoms with Crippen LogP contribution in [0.25, 0.3) is 0 Å². The summed E-state index contributed by atoms with van der Waals surface area (Å²) >= 11 is 0. The first-order valence-electron chi connectivity index (χ1n) is 11.6. The van der Waals surface area contributed by atoms with Gasteiger partial charge in [0.1, 0.15) is 5.75 Å². The van der Waals surface area contributed by atoms with E-state index in [4.69, 9.17) is 9.47 Å². The smallest absolute Gasteiger partial charge is 0.310 e. The van der Waals surface area contributed by atoms with Crippen LogP contribution in [0.5, 0.6) is 5.75 Å².